The van der Waals surface area contributed by atoms with E-state index in [-0.39, 0.29) is 18.1 Å². The van der Waals surface area contributed by atoms with Gasteiger partial charge in [0.05, 0.1) is 16.8 Å². The molecule has 0 bridgehead atoms. The number of anilines is 2. The highest BCUT2D eigenvalue weighted by molar-refractivity contribution is 6.14. The Morgan fingerprint density at radius 2 is 1.90 bits per heavy atom. The first-order valence-corrected chi connectivity index (χ1v) is 13.1. The van der Waals surface area contributed by atoms with Gasteiger partial charge in [0.15, 0.2) is 5.82 Å². The minimum Gasteiger partial charge on any atom is -0.457 e. The lowest BCUT2D eigenvalue weighted by Gasteiger charge is -2.38. The fraction of sp³-hybridized carbons (Fsp3) is 0.321. The van der Waals surface area contributed by atoms with Crippen molar-refractivity contribution < 1.29 is 13.9 Å². The Morgan fingerprint density at radius 1 is 1.10 bits per heavy atom. The maximum Gasteiger partial charge on any atom is 0.317 e. The maximum absolute atomic E-state index is 14.7. The van der Waals surface area contributed by atoms with Crippen LogP contribution in [0.3, 0.4) is 0 Å². The van der Waals surface area contributed by atoms with Gasteiger partial charge < -0.3 is 20.3 Å². The van der Waals surface area contributed by atoms with Crippen molar-refractivity contribution >= 4 is 39.1 Å². The van der Waals surface area contributed by atoms with Gasteiger partial charge in [0.1, 0.15) is 12.1 Å². The summed E-state index contributed by atoms with van der Waals surface area (Å²) in [6, 6.07) is 9.20. The van der Waals surface area contributed by atoms with Crippen molar-refractivity contribution in [2.75, 3.05) is 23.3 Å². The lowest BCUT2D eigenvalue weighted by molar-refractivity contribution is 0.102. The second kappa shape index (κ2) is 10.2. The maximum atomic E-state index is 14.7. The Hall–Kier alpha value is -4.58. The highest BCUT2D eigenvalue weighted by atomic mass is 19.1. The average Bonchev–Trinajstić information content (AvgIpc) is 3.50. The van der Waals surface area contributed by atoms with Gasteiger partial charge in [0, 0.05) is 80.0 Å². The molecule has 2 N–H and O–H groups in total. The van der Waals surface area contributed by atoms with Gasteiger partial charge in [-0.3, -0.25) is 14.2 Å². The van der Waals surface area contributed by atoms with Crippen molar-refractivity contribution in [2.24, 2.45) is 14.1 Å². The van der Waals surface area contributed by atoms with Crippen LogP contribution in [0, 0.1) is 5.82 Å². The third-order valence-electron chi connectivity index (χ3n) is 6.90. The second-order valence-electron chi connectivity index (χ2n) is 10.3. The van der Waals surface area contributed by atoms with E-state index in [2.05, 4.69) is 49.5 Å². The normalized spacial score (nSPS) is 17.5. The summed E-state index contributed by atoms with van der Waals surface area (Å²) in [5.74, 6) is -0.932. The van der Waals surface area contributed by atoms with Gasteiger partial charge in [-0.15, -0.1) is 0 Å². The highest BCUT2D eigenvalue weighted by Crippen LogP contribution is 2.31. The van der Waals surface area contributed by atoms with Crippen LogP contribution in [0.4, 0.5) is 15.8 Å². The minimum atomic E-state index is -0.511. The number of nitrogens with zero attached hydrogens (tertiary/aromatic N) is 7. The lowest BCUT2D eigenvalue weighted by Crippen LogP contribution is -2.54. The van der Waals surface area contributed by atoms with Crippen LogP contribution in [0.1, 0.15) is 29.9 Å². The summed E-state index contributed by atoms with van der Waals surface area (Å²) in [6.45, 7) is 6.07. The Bertz CT molecular complexity index is 1720. The predicted molar refractivity (Wildman–Crippen MR) is 150 cm³/mol. The van der Waals surface area contributed by atoms with Gasteiger partial charge in [-0.1, -0.05) is 0 Å². The zero-order valence-corrected chi connectivity index (χ0v) is 22.7. The zero-order valence-electron chi connectivity index (χ0n) is 22.7. The summed E-state index contributed by atoms with van der Waals surface area (Å²) >= 11 is 0. The fourth-order valence-electron chi connectivity index (χ4n) is 5.30. The first kappa shape index (κ1) is 25.7. The molecule has 0 spiro atoms. The van der Waals surface area contributed by atoms with Crippen molar-refractivity contribution in [3.05, 3.63) is 66.0 Å². The first-order chi connectivity index (χ1) is 19.2. The van der Waals surface area contributed by atoms with Crippen molar-refractivity contribution in [3.8, 4) is 6.01 Å². The number of hydrogen-bond donors (Lipinski definition) is 2. The van der Waals surface area contributed by atoms with Gasteiger partial charge in [-0.2, -0.15) is 15.2 Å². The average molecular weight is 544 g/mol. The number of aromatic nitrogens is 6. The van der Waals surface area contributed by atoms with E-state index in [1.807, 2.05) is 25.4 Å². The molecule has 1 aliphatic rings. The number of carbonyl (C=O) groups excluding carboxylic acids is 1. The van der Waals surface area contributed by atoms with Crippen LogP contribution in [0.2, 0.25) is 0 Å². The largest absolute Gasteiger partial charge is 0.457 e. The van der Waals surface area contributed by atoms with E-state index in [0.29, 0.717) is 34.2 Å². The summed E-state index contributed by atoms with van der Waals surface area (Å²) < 4.78 is 23.8. The molecule has 40 heavy (non-hydrogen) atoms. The summed E-state index contributed by atoms with van der Waals surface area (Å²) in [5.41, 5.74) is 3.01. The third kappa shape index (κ3) is 5.05. The zero-order chi connectivity index (χ0) is 28.0. The number of halogens is 1. The van der Waals surface area contributed by atoms with E-state index in [1.54, 1.807) is 36.3 Å². The number of fused-ring (bicyclic) bond motifs is 2. The number of benzene rings is 2. The second-order valence-corrected chi connectivity index (χ2v) is 10.3. The monoisotopic (exact) mass is 543 g/mol. The quantitative estimate of drug-likeness (QED) is 0.335. The highest BCUT2D eigenvalue weighted by Gasteiger charge is 2.25. The Kier molecular flexibility index (Phi) is 6.54. The van der Waals surface area contributed by atoms with E-state index in [4.69, 9.17) is 4.74 Å². The minimum absolute atomic E-state index is 0.134. The van der Waals surface area contributed by atoms with E-state index >= 15 is 0 Å². The molecule has 206 valence electrons. The van der Waals surface area contributed by atoms with Gasteiger partial charge in [-0.25, -0.2) is 9.37 Å². The summed E-state index contributed by atoms with van der Waals surface area (Å²) in [7, 11) is 3.55. The molecule has 1 aliphatic heterocycles. The molecule has 12 heteroatoms. The van der Waals surface area contributed by atoms with Crippen LogP contribution < -0.4 is 20.3 Å². The number of nitrogens with one attached hydrogen (secondary N) is 2. The number of hydrogen-bond acceptors (Lipinski definition) is 8. The molecule has 0 radical (unpaired) electrons. The summed E-state index contributed by atoms with van der Waals surface area (Å²) in [5, 5.41) is 16.2. The number of carbonyl (C=O) groups is 1. The molecule has 6 rings (SSSR count). The van der Waals surface area contributed by atoms with Crippen molar-refractivity contribution in [3.63, 3.8) is 0 Å². The van der Waals surface area contributed by atoms with Gasteiger partial charge in [0.25, 0.3) is 5.91 Å². The van der Waals surface area contributed by atoms with Crippen LogP contribution in [-0.2, 0) is 20.7 Å². The van der Waals surface area contributed by atoms with Gasteiger partial charge >= 0.3 is 6.01 Å². The smallest absolute Gasteiger partial charge is 0.317 e. The van der Waals surface area contributed by atoms with E-state index in [9.17, 15) is 9.18 Å². The molecule has 1 amide bonds. The van der Waals surface area contributed by atoms with Crippen molar-refractivity contribution in [2.45, 2.75) is 32.5 Å². The van der Waals surface area contributed by atoms with Crippen molar-refractivity contribution in [1.82, 2.24) is 34.8 Å². The fourth-order valence-corrected chi connectivity index (χ4v) is 5.30. The van der Waals surface area contributed by atoms with E-state index in [1.165, 1.54) is 10.7 Å². The molecule has 2 aromatic carbocycles. The Morgan fingerprint density at radius 3 is 2.65 bits per heavy atom. The molecule has 0 aliphatic carbocycles. The third-order valence-corrected chi connectivity index (χ3v) is 6.90. The molecule has 0 unspecified atom stereocenters. The molecule has 4 heterocycles. The predicted octanol–water partition coefficient (Wildman–Crippen LogP) is 3.41. The molecular weight excluding hydrogens is 513 g/mol. The number of piperazine rings is 1. The SMILES string of the molecule is C[C@@H]1CN(c2ccc(C(=O)Nc3cc(F)c4nn(C)cc4c3)c3nc(OCc4ccn(C)n4)ncc23)C[C@H](C)N1. The molecule has 11 nitrogen and oxygen atoms in total. The molecular formula is C28H30FN9O2. The lowest BCUT2D eigenvalue weighted by atomic mass is 10.0. The van der Waals surface area contributed by atoms with Crippen molar-refractivity contribution in [1.29, 1.82) is 0 Å². The Labute approximate surface area is 230 Å². The molecule has 5 aromatic rings. The first-order valence-electron chi connectivity index (χ1n) is 13.1. The van der Waals surface area contributed by atoms with E-state index < -0.39 is 11.7 Å². The standard InChI is InChI=1S/C28H30FN9O2/c1-16-12-38(13-17(2)31-16)24-6-5-21(27(39)32-20-9-18-14-37(4)35-25(18)23(29)10-20)26-22(24)11-30-28(33-26)40-15-19-7-8-36(3)34-19/h5-11,14,16-17,31H,12-13,15H2,1-4H3,(H,32,39)/t16-,17+. The van der Waals surface area contributed by atoms with Crippen LogP contribution >= 0.6 is 0 Å². The number of rotatable bonds is 6. The topological polar surface area (TPSA) is 115 Å². The molecule has 1 saturated heterocycles. The molecule has 3 aromatic heterocycles. The molecule has 2 atom stereocenters. The number of amides is 1. The van der Waals surface area contributed by atoms with Crippen LogP contribution in [0.15, 0.2) is 48.9 Å². The van der Waals surface area contributed by atoms with Crippen LogP contribution in [0.25, 0.3) is 21.8 Å². The van der Waals surface area contributed by atoms with Gasteiger partial charge in [0.2, 0.25) is 0 Å². The summed E-state index contributed by atoms with van der Waals surface area (Å²) in [4.78, 5) is 25.0. The van der Waals surface area contributed by atoms with Crippen LogP contribution in [0.5, 0.6) is 6.01 Å². The van der Waals surface area contributed by atoms with Crippen LogP contribution in [-0.4, -0.2) is 60.6 Å². The Balaban J connectivity index is 1.37. The van der Waals surface area contributed by atoms with Gasteiger partial charge in [-0.05, 0) is 44.2 Å². The molecule has 1 fully saturated rings. The van der Waals surface area contributed by atoms with E-state index in [0.717, 1.165) is 29.9 Å². The molecule has 0 saturated carbocycles. The summed E-state index contributed by atoms with van der Waals surface area (Å²) in [6.07, 6.45) is 5.23. The number of ether oxygens (including phenoxy) is 1. The number of aryl methyl sites for hydroxylation is 2.